The van der Waals surface area contributed by atoms with Gasteiger partial charge in [0.2, 0.25) is 0 Å². The van der Waals surface area contributed by atoms with Crippen molar-refractivity contribution in [2.45, 2.75) is 52.5 Å². The first-order chi connectivity index (χ1) is 7.19. The van der Waals surface area contributed by atoms with Crippen LogP contribution < -0.4 is 10.6 Å². The number of hydrogen-bond acceptors (Lipinski definition) is 1. The second-order valence-corrected chi connectivity index (χ2v) is 5.02. The highest BCUT2D eigenvalue weighted by Crippen LogP contribution is 2.33. The molecule has 2 N–H and O–H groups in total. The predicted octanol–water partition coefficient (Wildman–Crippen LogP) is 2.69. The molecule has 3 atom stereocenters. The topological polar surface area (TPSA) is 24.1 Å². The molecule has 1 aliphatic carbocycles. The van der Waals surface area contributed by atoms with Crippen LogP contribution in [0.15, 0.2) is 0 Å². The van der Waals surface area contributed by atoms with Crippen LogP contribution in [0.1, 0.15) is 46.5 Å². The van der Waals surface area contributed by atoms with Crippen LogP contribution in [-0.2, 0) is 0 Å². The lowest BCUT2D eigenvalue weighted by atomic mass is 9.94. The molecule has 2 nitrogen and oxygen atoms in total. The number of hydrogen-bond donors (Lipinski definition) is 2. The molecular weight excluding hydrogens is 204 g/mol. The van der Waals surface area contributed by atoms with Gasteiger partial charge in [-0.25, -0.2) is 0 Å². The van der Waals surface area contributed by atoms with E-state index >= 15 is 0 Å². The van der Waals surface area contributed by atoms with E-state index in [1.165, 1.54) is 19.3 Å². The molecule has 0 aliphatic heterocycles. The highest BCUT2D eigenvalue weighted by Gasteiger charge is 2.31. The Kier molecular flexibility index (Phi) is 5.37. The van der Waals surface area contributed by atoms with Crippen LogP contribution in [0, 0.1) is 11.8 Å². The third-order valence-corrected chi connectivity index (χ3v) is 3.87. The SMILES string of the molecule is CCCNC(=S)NC1CCC(CC)C1C. The standard InChI is InChI=1S/C12H24N2S/c1-4-8-13-12(15)14-11-7-6-10(5-2)9(11)3/h9-11H,4-8H2,1-3H3,(H2,13,14,15). The summed E-state index contributed by atoms with van der Waals surface area (Å²) in [7, 11) is 0. The number of nitrogens with one attached hydrogen (secondary N) is 2. The van der Waals surface area contributed by atoms with Crippen LogP contribution in [0.2, 0.25) is 0 Å². The minimum atomic E-state index is 0.590. The van der Waals surface area contributed by atoms with Gasteiger partial charge in [0.15, 0.2) is 5.11 Å². The molecule has 0 aromatic heterocycles. The minimum Gasteiger partial charge on any atom is -0.363 e. The van der Waals surface area contributed by atoms with Crippen LogP contribution in [0.25, 0.3) is 0 Å². The van der Waals surface area contributed by atoms with Gasteiger partial charge < -0.3 is 10.6 Å². The third kappa shape index (κ3) is 3.63. The van der Waals surface area contributed by atoms with Gasteiger partial charge in [0, 0.05) is 12.6 Å². The molecule has 3 unspecified atom stereocenters. The second-order valence-electron chi connectivity index (χ2n) is 4.61. The number of thiocarbonyl (C=S) groups is 1. The first kappa shape index (κ1) is 12.8. The molecule has 0 heterocycles. The Morgan fingerprint density at radius 2 is 2.07 bits per heavy atom. The largest absolute Gasteiger partial charge is 0.363 e. The molecule has 0 radical (unpaired) electrons. The number of rotatable bonds is 4. The van der Waals surface area contributed by atoms with Crippen molar-refractivity contribution >= 4 is 17.3 Å². The fourth-order valence-electron chi connectivity index (χ4n) is 2.49. The van der Waals surface area contributed by atoms with E-state index < -0.39 is 0 Å². The Hall–Kier alpha value is -0.310. The minimum absolute atomic E-state index is 0.590. The summed E-state index contributed by atoms with van der Waals surface area (Å²) in [5, 5.41) is 7.52. The molecule has 15 heavy (non-hydrogen) atoms. The van der Waals surface area contributed by atoms with E-state index in [0.29, 0.717) is 6.04 Å². The molecule has 0 spiro atoms. The molecular formula is C12H24N2S. The molecule has 1 fully saturated rings. The van der Waals surface area contributed by atoms with E-state index in [4.69, 9.17) is 12.2 Å². The zero-order valence-electron chi connectivity index (χ0n) is 10.2. The van der Waals surface area contributed by atoms with Crippen LogP contribution in [-0.4, -0.2) is 17.7 Å². The normalized spacial score (nSPS) is 30.2. The molecule has 0 aromatic carbocycles. The Balaban J connectivity index is 2.30. The highest BCUT2D eigenvalue weighted by atomic mass is 32.1. The summed E-state index contributed by atoms with van der Waals surface area (Å²) >= 11 is 5.26. The lowest BCUT2D eigenvalue weighted by Crippen LogP contribution is -2.43. The fraction of sp³-hybridized carbons (Fsp3) is 0.917. The van der Waals surface area contributed by atoms with Gasteiger partial charge in [-0.1, -0.05) is 27.2 Å². The molecule has 0 saturated heterocycles. The van der Waals surface area contributed by atoms with Gasteiger partial charge in [0.1, 0.15) is 0 Å². The summed E-state index contributed by atoms with van der Waals surface area (Å²) in [6, 6.07) is 0.590. The molecule has 1 saturated carbocycles. The van der Waals surface area contributed by atoms with Gasteiger partial charge in [-0.15, -0.1) is 0 Å². The third-order valence-electron chi connectivity index (χ3n) is 3.60. The maximum Gasteiger partial charge on any atom is 0.166 e. The fourth-order valence-corrected chi connectivity index (χ4v) is 2.74. The van der Waals surface area contributed by atoms with Crippen molar-refractivity contribution in [2.75, 3.05) is 6.54 Å². The van der Waals surface area contributed by atoms with Gasteiger partial charge in [-0.2, -0.15) is 0 Å². The molecule has 88 valence electrons. The zero-order valence-corrected chi connectivity index (χ0v) is 11.0. The summed E-state index contributed by atoms with van der Waals surface area (Å²) < 4.78 is 0. The van der Waals surface area contributed by atoms with Crippen LogP contribution >= 0.6 is 12.2 Å². The quantitative estimate of drug-likeness (QED) is 0.724. The van der Waals surface area contributed by atoms with Crippen molar-refractivity contribution in [1.82, 2.24) is 10.6 Å². The Morgan fingerprint density at radius 3 is 2.60 bits per heavy atom. The average Bonchev–Trinajstić information content (AvgIpc) is 2.57. The smallest absolute Gasteiger partial charge is 0.166 e. The van der Waals surface area contributed by atoms with Crippen molar-refractivity contribution in [3.05, 3.63) is 0 Å². The predicted molar refractivity (Wildman–Crippen MR) is 70.0 cm³/mol. The monoisotopic (exact) mass is 228 g/mol. The van der Waals surface area contributed by atoms with E-state index in [0.717, 1.165) is 29.9 Å². The molecule has 1 aliphatic rings. The summed E-state index contributed by atoms with van der Waals surface area (Å²) in [5.74, 6) is 1.65. The Morgan fingerprint density at radius 1 is 1.33 bits per heavy atom. The first-order valence-electron chi connectivity index (χ1n) is 6.23. The van der Waals surface area contributed by atoms with Crippen LogP contribution in [0.5, 0.6) is 0 Å². The van der Waals surface area contributed by atoms with Crippen LogP contribution in [0.4, 0.5) is 0 Å². The van der Waals surface area contributed by atoms with Crippen molar-refractivity contribution in [2.24, 2.45) is 11.8 Å². The van der Waals surface area contributed by atoms with Crippen molar-refractivity contribution in [3.63, 3.8) is 0 Å². The highest BCUT2D eigenvalue weighted by molar-refractivity contribution is 7.80. The summed E-state index contributed by atoms with van der Waals surface area (Å²) in [6.07, 6.45) is 5.05. The van der Waals surface area contributed by atoms with E-state index in [-0.39, 0.29) is 0 Å². The summed E-state index contributed by atoms with van der Waals surface area (Å²) in [6.45, 7) is 7.77. The van der Waals surface area contributed by atoms with Crippen molar-refractivity contribution in [3.8, 4) is 0 Å². The summed E-state index contributed by atoms with van der Waals surface area (Å²) in [4.78, 5) is 0. The van der Waals surface area contributed by atoms with E-state index in [9.17, 15) is 0 Å². The van der Waals surface area contributed by atoms with E-state index in [2.05, 4.69) is 31.4 Å². The van der Waals surface area contributed by atoms with Gasteiger partial charge in [-0.05, 0) is 43.3 Å². The zero-order chi connectivity index (χ0) is 11.3. The average molecular weight is 228 g/mol. The molecule has 3 heteroatoms. The molecule has 0 aromatic rings. The molecule has 0 bridgehead atoms. The Bertz CT molecular complexity index is 206. The second kappa shape index (κ2) is 6.31. The lowest BCUT2D eigenvalue weighted by molar-refractivity contribution is 0.367. The van der Waals surface area contributed by atoms with Gasteiger partial charge in [0.25, 0.3) is 0 Å². The van der Waals surface area contributed by atoms with Gasteiger partial charge in [-0.3, -0.25) is 0 Å². The molecule has 1 rings (SSSR count). The van der Waals surface area contributed by atoms with Crippen molar-refractivity contribution < 1.29 is 0 Å². The van der Waals surface area contributed by atoms with E-state index in [1.807, 2.05) is 0 Å². The van der Waals surface area contributed by atoms with Gasteiger partial charge >= 0.3 is 0 Å². The van der Waals surface area contributed by atoms with Crippen molar-refractivity contribution in [1.29, 1.82) is 0 Å². The Labute approximate surface area is 99.2 Å². The maximum absolute atomic E-state index is 5.26. The van der Waals surface area contributed by atoms with Crippen LogP contribution in [0.3, 0.4) is 0 Å². The molecule has 0 amide bonds. The van der Waals surface area contributed by atoms with Gasteiger partial charge in [0.05, 0.1) is 0 Å². The summed E-state index contributed by atoms with van der Waals surface area (Å²) in [5.41, 5.74) is 0. The van der Waals surface area contributed by atoms with E-state index in [1.54, 1.807) is 0 Å². The first-order valence-corrected chi connectivity index (χ1v) is 6.64. The maximum atomic E-state index is 5.26. The lowest BCUT2D eigenvalue weighted by Gasteiger charge is -2.22.